The molecule has 0 saturated carbocycles. The van der Waals surface area contributed by atoms with Crippen molar-refractivity contribution in [1.82, 2.24) is 0 Å². The first-order chi connectivity index (χ1) is 19.6. The first-order valence-corrected chi connectivity index (χ1v) is 14.0. The van der Waals surface area contributed by atoms with Crippen molar-refractivity contribution in [3.63, 3.8) is 0 Å². The molecule has 0 unspecified atom stereocenters. The van der Waals surface area contributed by atoms with Gasteiger partial charge in [0.05, 0.1) is 59.5 Å². The number of carbonyl (C=O) groups excluding carboxylic acids is 1. The molecular formula is C28H40INO10. The number of carbonyl (C=O) groups is 1. The molecule has 0 aliphatic carbocycles. The summed E-state index contributed by atoms with van der Waals surface area (Å²) in [5.41, 5.74) is 1.01. The summed E-state index contributed by atoms with van der Waals surface area (Å²) >= 11 is 2.21. The first kappa shape index (κ1) is 34.0. The van der Waals surface area contributed by atoms with Gasteiger partial charge in [-0.15, -0.1) is 0 Å². The Morgan fingerprint density at radius 3 is 1.50 bits per heavy atom. The minimum absolute atomic E-state index is 0.228. The number of amides is 1. The maximum atomic E-state index is 13.2. The van der Waals surface area contributed by atoms with Crippen LogP contribution in [0.4, 0.5) is 5.69 Å². The summed E-state index contributed by atoms with van der Waals surface area (Å²) in [6.45, 7) is 4.45. The Labute approximate surface area is 249 Å². The van der Waals surface area contributed by atoms with E-state index in [9.17, 15) is 4.79 Å². The van der Waals surface area contributed by atoms with Gasteiger partial charge in [-0.3, -0.25) is 4.79 Å². The average molecular weight is 678 g/mol. The van der Waals surface area contributed by atoms with E-state index in [0.717, 1.165) is 3.57 Å². The Bertz CT molecular complexity index is 924. The van der Waals surface area contributed by atoms with Crippen molar-refractivity contribution in [1.29, 1.82) is 0 Å². The predicted molar refractivity (Wildman–Crippen MR) is 158 cm³/mol. The summed E-state index contributed by atoms with van der Waals surface area (Å²) in [4.78, 5) is 13.2. The number of ether oxygens (including phenoxy) is 9. The van der Waals surface area contributed by atoms with Crippen LogP contribution in [0.5, 0.6) is 17.2 Å². The summed E-state index contributed by atoms with van der Waals surface area (Å²) in [5, 5.41) is 2.91. The van der Waals surface area contributed by atoms with E-state index >= 15 is 0 Å². The Morgan fingerprint density at radius 2 is 1.05 bits per heavy atom. The molecule has 2 aromatic carbocycles. The van der Waals surface area contributed by atoms with Crippen LogP contribution in [0.2, 0.25) is 0 Å². The fourth-order valence-electron chi connectivity index (χ4n) is 3.16. The second-order valence-electron chi connectivity index (χ2n) is 8.12. The van der Waals surface area contributed by atoms with Gasteiger partial charge >= 0.3 is 0 Å². The maximum Gasteiger partial charge on any atom is 0.255 e. The molecule has 0 aliphatic heterocycles. The monoisotopic (exact) mass is 677 g/mol. The van der Waals surface area contributed by atoms with Gasteiger partial charge in [0.2, 0.25) is 5.75 Å². The van der Waals surface area contributed by atoms with E-state index in [0.29, 0.717) is 88.0 Å². The van der Waals surface area contributed by atoms with Crippen molar-refractivity contribution in [2.45, 2.75) is 0 Å². The Balaban J connectivity index is 2.23. The van der Waals surface area contributed by atoms with Crippen LogP contribution in [0.15, 0.2) is 36.4 Å². The Kier molecular flexibility index (Phi) is 18.3. The second-order valence-corrected chi connectivity index (χ2v) is 9.37. The van der Waals surface area contributed by atoms with Crippen molar-refractivity contribution >= 4 is 34.2 Å². The Hall–Kier alpha value is -2.20. The maximum absolute atomic E-state index is 13.2. The summed E-state index contributed by atoms with van der Waals surface area (Å²) in [6.07, 6.45) is 0. The number of anilines is 1. The highest BCUT2D eigenvalue weighted by molar-refractivity contribution is 14.1. The lowest BCUT2D eigenvalue weighted by Crippen LogP contribution is -2.16. The zero-order chi connectivity index (χ0) is 28.8. The second kappa shape index (κ2) is 21.5. The molecule has 1 N–H and O–H groups in total. The van der Waals surface area contributed by atoms with Gasteiger partial charge in [0.1, 0.15) is 19.8 Å². The van der Waals surface area contributed by atoms with Crippen molar-refractivity contribution in [3.8, 4) is 17.2 Å². The minimum Gasteiger partial charge on any atom is -0.487 e. The fourth-order valence-corrected chi connectivity index (χ4v) is 3.52. The van der Waals surface area contributed by atoms with Crippen molar-refractivity contribution < 1.29 is 47.4 Å². The molecule has 224 valence electrons. The van der Waals surface area contributed by atoms with Gasteiger partial charge in [0.25, 0.3) is 5.91 Å². The quantitative estimate of drug-likeness (QED) is 0.138. The van der Waals surface area contributed by atoms with Crippen molar-refractivity contribution in [2.24, 2.45) is 0 Å². The third kappa shape index (κ3) is 13.9. The van der Waals surface area contributed by atoms with E-state index < -0.39 is 0 Å². The lowest BCUT2D eigenvalue weighted by atomic mass is 10.1. The lowest BCUT2D eigenvalue weighted by Gasteiger charge is -2.19. The van der Waals surface area contributed by atoms with Gasteiger partial charge in [-0.2, -0.15) is 0 Å². The standard InChI is InChI=1S/C28H40INO10/c1-32-8-11-35-14-17-38-25-20-22(28(31)30-24-6-4-23(29)5-7-24)21-26(39-18-15-36-12-9-33-2)27(25)40-19-16-37-13-10-34-3/h4-7,20-21H,8-19H2,1-3H3,(H,30,31). The summed E-state index contributed by atoms with van der Waals surface area (Å²) in [7, 11) is 4.83. The van der Waals surface area contributed by atoms with Crippen LogP contribution in [-0.4, -0.2) is 107 Å². The van der Waals surface area contributed by atoms with E-state index in [1.54, 1.807) is 33.5 Å². The van der Waals surface area contributed by atoms with Gasteiger partial charge in [-0.1, -0.05) is 0 Å². The molecule has 0 fully saturated rings. The number of rotatable bonds is 23. The van der Waals surface area contributed by atoms with Crippen LogP contribution in [-0.2, 0) is 28.4 Å². The van der Waals surface area contributed by atoms with E-state index in [1.807, 2.05) is 24.3 Å². The third-order valence-corrected chi connectivity index (χ3v) is 5.84. The largest absolute Gasteiger partial charge is 0.487 e. The highest BCUT2D eigenvalue weighted by Gasteiger charge is 2.19. The average Bonchev–Trinajstić information content (AvgIpc) is 2.96. The van der Waals surface area contributed by atoms with Crippen molar-refractivity contribution in [2.75, 3.05) is 106 Å². The van der Waals surface area contributed by atoms with Crippen LogP contribution >= 0.6 is 22.6 Å². The lowest BCUT2D eigenvalue weighted by molar-refractivity contribution is 0.0468. The Morgan fingerprint density at radius 1 is 0.625 bits per heavy atom. The molecule has 0 atom stereocenters. The summed E-state index contributed by atoms with van der Waals surface area (Å²) in [6, 6.07) is 10.8. The number of hydrogen-bond donors (Lipinski definition) is 1. The number of methoxy groups -OCH3 is 3. The molecule has 0 spiro atoms. The van der Waals surface area contributed by atoms with Crippen molar-refractivity contribution in [3.05, 3.63) is 45.5 Å². The molecule has 0 aromatic heterocycles. The first-order valence-electron chi connectivity index (χ1n) is 12.9. The van der Waals surface area contributed by atoms with Crippen LogP contribution in [0.3, 0.4) is 0 Å². The van der Waals surface area contributed by atoms with E-state index in [4.69, 9.17) is 42.6 Å². The molecule has 0 radical (unpaired) electrons. The van der Waals surface area contributed by atoms with Crippen LogP contribution in [0.1, 0.15) is 10.4 Å². The van der Waals surface area contributed by atoms with Gasteiger partial charge in [-0.05, 0) is 59.0 Å². The smallest absolute Gasteiger partial charge is 0.255 e. The highest BCUT2D eigenvalue weighted by Crippen LogP contribution is 2.39. The van der Waals surface area contributed by atoms with Gasteiger partial charge in [-0.25, -0.2) is 0 Å². The molecule has 0 saturated heterocycles. The van der Waals surface area contributed by atoms with Gasteiger partial charge < -0.3 is 47.9 Å². The van der Waals surface area contributed by atoms with Gasteiger partial charge in [0.15, 0.2) is 11.5 Å². The van der Waals surface area contributed by atoms with Crippen LogP contribution in [0, 0.1) is 3.57 Å². The van der Waals surface area contributed by atoms with Crippen LogP contribution < -0.4 is 19.5 Å². The molecule has 40 heavy (non-hydrogen) atoms. The molecule has 0 aliphatic rings. The predicted octanol–water partition coefficient (Wildman–Crippen LogP) is 3.67. The molecule has 2 rings (SSSR count). The fraction of sp³-hybridized carbons (Fsp3) is 0.536. The van der Waals surface area contributed by atoms with E-state index in [-0.39, 0.29) is 25.7 Å². The number of halogens is 1. The van der Waals surface area contributed by atoms with Gasteiger partial charge in [0, 0.05) is 36.2 Å². The number of hydrogen-bond acceptors (Lipinski definition) is 10. The topological polar surface area (TPSA) is 112 Å². The minimum atomic E-state index is -0.321. The zero-order valence-corrected chi connectivity index (χ0v) is 25.6. The van der Waals surface area contributed by atoms with Crippen LogP contribution in [0.25, 0.3) is 0 Å². The SMILES string of the molecule is COCCOCCOc1cc(C(=O)Nc2ccc(I)cc2)cc(OCCOCCOC)c1OCCOCCOC. The highest BCUT2D eigenvalue weighted by atomic mass is 127. The molecule has 0 heterocycles. The molecule has 0 bridgehead atoms. The van der Waals surface area contributed by atoms with E-state index in [1.165, 1.54) is 0 Å². The normalized spacial score (nSPS) is 10.9. The molecular weight excluding hydrogens is 637 g/mol. The summed E-state index contributed by atoms with van der Waals surface area (Å²) in [5.74, 6) is 0.726. The molecule has 12 heteroatoms. The third-order valence-electron chi connectivity index (χ3n) is 5.12. The molecule has 11 nitrogen and oxygen atoms in total. The van der Waals surface area contributed by atoms with E-state index in [2.05, 4.69) is 27.9 Å². The summed E-state index contributed by atoms with van der Waals surface area (Å²) < 4.78 is 50.7. The molecule has 1 amide bonds. The molecule has 2 aromatic rings. The zero-order valence-electron chi connectivity index (χ0n) is 23.4. The number of nitrogens with one attached hydrogen (secondary N) is 1. The number of benzene rings is 2.